The lowest BCUT2D eigenvalue weighted by atomic mass is 9.64. The fourth-order valence-corrected chi connectivity index (χ4v) is 4.05. The minimum Gasteiger partial charge on any atom is -0.462 e. The highest BCUT2D eigenvalue weighted by Gasteiger charge is 2.49. The molecule has 0 amide bonds. The van der Waals surface area contributed by atoms with Crippen LogP contribution in [0, 0.1) is 11.8 Å². The van der Waals surface area contributed by atoms with Gasteiger partial charge in [0.05, 0.1) is 6.42 Å². The number of esters is 2. The molecule has 3 aliphatic rings. The van der Waals surface area contributed by atoms with E-state index < -0.39 is 0 Å². The highest BCUT2D eigenvalue weighted by molar-refractivity contribution is 5.72. The summed E-state index contributed by atoms with van der Waals surface area (Å²) >= 11 is 0. The van der Waals surface area contributed by atoms with Crippen LogP contribution < -0.4 is 0 Å². The normalized spacial score (nSPS) is 37.5. The summed E-state index contributed by atoms with van der Waals surface area (Å²) < 4.78 is 11.0. The van der Waals surface area contributed by atoms with Crippen molar-refractivity contribution in [3.63, 3.8) is 0 Å². The van der Waals surface area contributed by atoms with E-state index >= 15 is 0 Å². The second-order valence-electron chi connectivity index (χ2n) is 5.97. The third-order valence-electron chi connectivity index (χ3n) is 4.73. The van der Waals surface area contributed by atoms with E-state index in [1.54, 1.807) is 0 Å². The largest absolute Gasteiger partial charge is 0.462 e. The molecule has 0 radical (unpaired) electrons. The molecule has 1 saturated heterocycles. The quantitative estimate of drug-likeness (QED) is 0.539. The van der Waals surface area contributed by atoms with Gasteiger partial charge in [-0.05, 0) is 26.2 Å². The van der Waals surface area contributed by atoms with Gasteiger partial charge in [-0.2, -0.15) is 0 Å². The van der Waals surface area contributed by atoms with Crippen molar-refractivity contribution in [2.24, 2.45) is 11.8 Å². The molecule has 0 bridgehead atoms. The van der Waals surface area contributed by atoms with Gasteiger partial charge in [0.1, 0.15) is 12.2 Å². The number of ether oxygens (including phenoxy) is 2. The Morgan fingerprint density at radius 3 is 2.89 bits per heavy atom. The third kappa shape index (κ3) is 2.17. The maximum atomic E-state index is 11.8. The van der Waals surface area contributed by atoms with E-state index in [-0.39, 0.29) is 36.0 Å². The summed E-state index contributed by atoms with van der Waals surface area (Å²) in [5, 5.41) is 0. The number of hydrogen-bond donors (Lipinski definition) is 0. The Hall–Kier alpha value is -1.32. The van der Waals surface area contributed by atoms with E-state index in [1.165, 1.54) is 18.1 Å². The van der Waals surface area contributed by atoms with Crippen molar-refractivity contribution in [1.82, 2.24) is 0 Å². The summed E-state index contributed by atoms with van der Waals surface area (Å²) in [5.41, 5.74) is 2.78. The minimum atomic E-state index is -0.257. The average Bonchev–Trinajstić information content (AvgIpc) is 2.34. The van der Waals surface area contributed by atoms with Crippen LogP contribution in [0.15, 0.2) is 11.1 Å². The van der Waals surface area contributed by atoms with Gasteiger partial charge in [0, 0.05) is 25.2 Å². The van der Waals surface area contributed by atoms with Crippen LogP contribution in [0.25, 0.3) is 0 Å². The molecule has 0 spiro atoms. The molecule has 0 aromatic carbocycles. The maximum absolute atomic E-state index is 11.8. The van der Waals surface area contributed by atoms with Crippen LogP contribution in [0.2, 0.25) is 0 Å². The number of hydrogen-bond acceptors (Lipinski definition) is 4. The first kappa shape index (κ1) is 12.7. The second-order valence-corrected chi connectivity index (χ2v) is 5.97. The lowest BCUT2D eigenvalue weighted by Gasteiger charge is -2.48. The molecule has 1 heterocycles. The van der Waals surface area contributed by atoms with Crippen LogP contribution >= 0.6 is 0 Å². The molecule has 1 aliphatic heterocycles. The van der Waals surface area contributed by atoms with Gasteiger partial charge in [-0.1, -0.05) is 11.1 Å². The van der Waals surface area contributed by atoms with Gasteiger partial charge in [0.25, 0.3) is 0 Å². The molecular formula is C15H20O4. The van der Waals surface area contributed by atoms with Crippen molar-refractivity contribution in [2.75, 3.05) is 0 Å². The molecule has 19 heavy (non-hydrogen) atoms. The molecule has 0 N–H and O–H groups in total. The standard InChI is InChI=1S/C15H20O4/c1-8-6-13(18-9(2)16)11-7-14(17)19-12-5-3-4-10(8)15(11)12/h11-13,15H,3-7H2,1-2H3/t11-,12+,13-,15-/m1/s1. The minimum absolute atomic E-state index is 0.00306. The Kier molecular flexibility index (Phi) is 3.11. The Morgan fingerprint density at radius 2 is 2.16 bits per heavy atom. The average molecular weight is 264 g/mol. The molecule has 0 aromatic heterocycles. The first-order valence-electron chi connectivity index (χ1n) is 7.11. The summed E-state index contributed by atoms with van der Waals surface area (Å²) in [7, 11) is 0. The van der Waals surface area contributed by atoms with Crippen LogP contribution in [0.1, 0.15) is 46.0 Å². The molecule has 2 aliphatic carbocycles. The predicted molar refractivity (Wildman–Crippen MR) is 68.2 cm³/mol. The molecule has 4 atom stereocenters. The lowest BCUT2D eigenvalue weighted by Crippen LogP contribution is -2.49. The van der Waals surface area contributed by atoms with Gasteiger partial charge >= 0.3 is 11.9 Å². The smallest absolute Gasteiger partial charge is 0.306 e. The highest BCUT2D eigenvalue weighted by atomic mass is 16.6. The van der Waals surface area contributed by atoms with E-state index in [1.807, 2.05) is 0 Å². The fraction of sp³-hybridized carbons (Fsp3) is 0.733. The fourth-order valence-electron chi connectivity index (χ4n) is 4.05. The monoisotopic (exact) mass is 264 g/mol. The molecule has 1 saturated carbocycles. The Bertz CT molecular complexity index is 451. The Morgan fingerprint density at radius 1 is 1.37 bits per heavy atom. The van der Waals surface area contributed by atoms with Gasteiger partial charge < -0.3 is 9.47 Å². The topological polar surface area (TPSA) is 52.6 Å². The van der Waals surface area contributed by atoms with Gasteiger partial charge in [0.2, 0.25) is 0 Å². The molecular weight excluding hydrogens is 244 g/mol. The van der Waals surface area contributed by atoms with Crippen molar-refractivity contribution in [1.29, 1.82) is 0 Å². The lowest BCUT2D eigenvalue weighted by molar-refractivity contribution is -0.175. The van der Waals surface area contributed by atoms with Crippen molar-refractivity contribution < 1.29 is 19.1 Å². The Balaban J connectivity index is 1.95. The van der Waals surface area contributed by atoms with E-state index in [0.717, 1.165) is 25.7 Å². The van der Waals surface area contributed by atoms with Crippen LogP contribution in [-0.4, -0.2) is 24.1 Å². The van der Waals surface area contributed by atoms with Crippen molar-refractivity contribution in [3.05, 3.63) is 11.1 Å². The summed E-state index contributed by atoms with van der Waals surface area (Å²) in [4.78, 5) is 23.0. The van der Waals surface area contributed by atoms with Crippen LogP contribution in [0.5, 0.6) is 0 Å². The molecule has 4 heteroatoms. The summed E-state index contributed by atoms with van der Waals surface area (Å²) in [6.45, 7) is 3.56. The number of carbonyl (C=O) groups is 2. The third-order valence-corrected chi connectivity index (χ3v) is 4.73. The van der Waals surface area contributed by atoms with Crippen LogP contribution in [0.4, 0.5) is 0 Å². The molecule has 3 rings (SSSR count). The summed E-state index contributed by atoms with van der Waals surface area (Å²) in [6, 6.07) is 0. The van der Waals surface area contributed by atoms with Gasteiger partial charge in [-0.25, -0.2) is 0 Å². The van der Waals surface area contributed by atoms with Crippen molar-refractivity contribution in [3.8, 4) is 0 Å². The predicted octanol–water partition coefficient (Wildman–Crippen LogP) is 2.37. The Labute approximate surface area is 113 Å². The maximum Gasteiger partial charge on any atom is 0.306 e. The summed E-state index contributed by atoms with van der Waals surface area (Å²) in [5.74, 6) is 0.00968. The zero-order chi connectivity index (χ0) is 13.6. The van der Waals surface area contributed by atoms with Gasteiger partial charge in [-0.15, -0.1) is 0 Å². The van der Waals surface area contributed by atoms with Crippen LogP contribution in [0.3, 0.4) is 0 Å². The first-order chi connectivity index (χ1) is 9.06. The molecule has 0 unspecified atom stereocenters. The molecule has 4 nitrogen and oxygen atoms in total. The number of carbonyl (C=O) groups excluding carboxylic acids is 2. The summed E-state index contributed by atoms with van der Waals surface area (Å²) in [6.07, 6.45) is 4.14. The molecule has 104 valence electrons. The van der Waals surface area contributed by atoms with Crippen LogP contribution in [-0.2, 0) is 19.1 Å². The van der Waals surface area contributed by atoms with E-state index in [4.69, 9.17) is 9.47 Å². The van der Waals surface area contributed by atoms with E-state index in [9.17, 15) is 9.59 Å². The van der Waals surface area contributed by atoms with E-state index in [2.05, 4.69) is 6.92 Å². The van der Waals surface area contributed by atoms with Crippen molar-refractivity contribution in [2.45, 2.75) is 58.2 Å². The SMILES string of the molecule is CC(=O)O[C@@H]1CC(C)=C2CCC[C@@H]3OC(=O)C[C@H]1[C@@H]23. The molecule has 2 fully saturated rings. The zero-order valence-corrected chi connectivity index (χ0v) is 11.5. The number of rotatable bonds is 1. The second kappa shape index (κ2) is 4.66. The van der Waals surface area contributed by atoms with Gasteiger partial charge in [0.15, 0.2) is 0 Å². The van der Waals surface area contributed by atoms with Crippen molar-refractivity contribution >= 4 is 11.9 Å². The highest BCUT2D eigenvalue weighted by Crippen LogP contribution is 2.49. The zero-order valence-electron chi connectivity index (χ0n) is 11.5. The van der Waals surface area contributed by atoms with Gasteiger partial charge in [-0.3, -0.25) is 9.59 Å². The van der Waals surface area contributed by atoms with E-state index in [0.29, 0.717) is 6.42 Å². The molecule has 0 aromatic rings. The first-order valence-corrected chi connectivity index (χ1v) is 7.11.